The Hall–Kier alpha value is -1.72. The molecule has 4 nitrogen and oxygen atoms in total. The van der Waals surface area contributed by atoms with Crippen LogP contribution in [0, 0.1) is 0 Å². The van der Waals surface area contributed by atoms with Crippen molar-refractivity contribution in [3.05, 3.63) is 52.5 Å². The lowest BCUT2D eigenvalue weighted by Crippen LogP contribution is -2.40. The summed E-state index contributed by atoms with van der Waals surface area (Å²) in [7, 11) is 0. The van der Waals surface area contributed by atoms with E-state index in [1.165, 1.54) is 5.56 Å². The molecule has 1 aliphatic heterocycles. The predicted molar refractivity (Wildman–Crippen MR) is 97.9 cm³/mol. The fourth-order valence-corrected chi connectivity index (χ4v) is 3.93. The Bertz CT molecular complexity index is 607. The molecule has 1 amide bonds. The molecule has 3 heterocycles. The maximum Gasteiger partial charge on any atom is 0.223 e. The van der Waals surface area contributed by atoms with Gasteiger partial charge in [0, 0.05) is 18.7 Å². The van der Waals surface area contributed by atoms with E-state index in [0.717, 1.165) is 44.5 Å². The average molecular weight is 343 g/mol. The van der Waals surface area contributed by atoms with Gasteiger partial charge in [0.05, 0.1) is 12.2 Å². The van der Waals surface area contributed by atoms with Gasteiger partial charge in [0.1, 0.15) is 0 Å². The molecule has 1 N–H and O–H groups in total. The van der Waals surface area contributed by atoms with Crippen LogP contribution in [-0.4, -0.2) is 34.9 Å². The zero-order valence-corrected chi connectivity index (χ0v) is 14.8. The minimum atomic E-state index is 0.249. The summed E-state index contributed by atoms with van der Waals surface area (Å²) in [6.07, 6.45) is 6.43. The molecule has 1 atom stereocenters. The fraction of sp³-hybridized carbons (Fsp3) is 0.474. The predicted octanol–water partition coefficient (Wildman–Crippen LogP) is 3.25. The van der Waals surface area contributed by atoms with Crippen molar-refractivity contribution in [2.45, 2.75) is 44.7 Å². The summed E-state index contributed by atoms with van der Waals surface area (Å²) in [5.41, 5.74) is 2.23. The van der Waals surface area contributed by atoms with Crippen LogP contribution in [0.2, 0.25) is 0 Å². The topological polar surface area (TPSA) is 45.2 Å². The maximum absolute atomic E-state index is 12.9. The number of amides is 1. The Morgan fingerprint density at radius 3 is 3.04 bits per heavy atom. The molecular weight excluding hydrogens is 318 g/mol. The number of aryl methyl sites for hydroxylation is 1. The van der Waals surface area contributed by atoms with Crippen molar-refractivity contribution in [1.29, 1.82) is 0 Å². The number of hydrogen-bond acceptors (Lipinski definition) is 4. The molecule has 1 unspecified atom stereocenters. The van der Waals surface area contributed by atoms with Crippen LogP contribution >= 0.6 is 11.3 Å². The highest BCUT2D eigenvalue weighted by Crippen LogP contribution is 2.19. The van der Waals surface area contributed by atoms with Crippen molar-refractivity contribution >= 4 is 17.2 Å². The molecule has 0 radical (unpaired) electrons. The normalized spacial score (nSPS) is 18.1. The molecule has 3 rings (SSSR count). The van der Waals surface area contributed by atoms with Crippen LogP contribution in [0.4, 0.5) is 0 Å². The third kappa shape index (κ3) is 4.89. The first kappa shape index (κ1) is 17.1. The molecule has 1 saturated heterocycles. The molecular formula is C19H25N3OS. The van der Waals surface area contributed by atoms with E-state index in [2.05, 4.69) is 32.0 Å². The number of nitrogens with one attached hydrogen (secondary N) is 1. The van der Waals surface area contributed by atoms with E-state index in [-0.39, 0.29) is 5.91 Å². The Morgan fingerprint density at radius 2 is 2.25 bits per heavy atom. The second-order valence-corrected chi connectivity index (χ2v) is 7.09. The Balaban J connectivity index is 1.68. The van der Waals surface area contributed by atoms with E-state index in [4.69, 9.17) is 0 Å². The first-order valence-electron chi connectivity index (χ1n) is 8.74. The number of rotatable bonds is 6. The number of carbonyl (C=O) groups is 1. The van der Waals surface area contributed by atoms with Crippen molar-refractivity contribution in [2.75, 3.05) is 13.1 Å². The molecule has 0 saturated carbocycles. The molecule has 1 aliphatic rings. The zero-order valence-electron chi connectivity index (χ0n) is 14.0. The number of pyridine rings is 1. The summed E-state index contributed by atoms with van der Waals surface area (Å²) >= 11 is 1.69. The molecule has 0 aromatic carbocycles. The lowest BCUT2D eigenvalue weighted by molar-refractivity contribution is -0.134. The summed E-state index contributed by atoms with van der Waals surface area (Å²) in [6.45, 7) is 2.66. The molecule has 0 bridgehead atoms. The summed E-state index contributed by atoms with van der Waals surface area (Å²) in [4.78, 5) is 19.4. The monoisotopic (exact) mass is 343 g/mol. The standard InChI is InChI=1S/C19H25N3OS/c23-19(7-6-16-9-13-24-15-16)22(14-17-4-1-2-11-21-17)18-5-3-10-20-12-8-18/h1-2,4,9,11,13,15,18,20H,3,5-8,10,12,14H2. The summed E-state index contributed by atoms with van der Waals surface area (Å²) in [5, 5.41) is 7.64. The number of nitrogens with zero attached hydrogens (tertiary/aromatic N) is 2. The van der Waals surface area contributed by atoms with Gasteiger partial charge in [0.2, 0.25) is 5.91 Å². The molecule has 128 valence electrons. The van der Waals surface area contributed by atoms with E-state index in [9.17, 15) is 4.79 Å². The molecule has 2 aromatic heterocycles. The first-order valence-corrected chi connectivity index (χ1v) is 9.68. The Labute approximate surface area is 147 Å². The van der Waals surface area contributed by atoms with Gasteiger partial charge in [-0.25, -0.2) is 0 Å². The highest BCUT2D eigenvalue weighted by Gasteiger charge is 2.24. The van der Waals surface area contributed by atoms with E-state index in [1.807, 2.05) is 18.2 Å². The highest BCUT2D eigenvalue weighted by atomic mass is 32.1. The van der Waals surface area contributed by atoms with Crippen molar-refractivity contribution in [2.24, 2.45) is 0 Å². The van der Waals surface area contributed by atoms with Gasteiger partial charge in [0.15, 0.2) is 0 Å². The SMILES string of the molecule is O=C(CCc1ccsc1)N(Cc1ccccn1)C1CCCNCC1. The number of hydrogen-bond donors (Lipinski definition) is 1. The van der Waals surface area contributed by atoms with Gasteiger partial charge in [-0.2, -0.15) is 11.3 Å². The quantitative estimate of drug-likeness (QED) is 0.876. The number of aromatic nitrogens is 1. The van der Waals surface area contributed by atoms with E-state index < -0.39 is 0 Å². The second-order valence-electron chi connectivity index (χ2n) is 6.31. The van der Waals surface area contributed by atoms with Crippen LogP contribution in [0.3, 0.4) is 0 Å². The van der Waals surface area contributed by atoms with Gasteiger partial charge >= 0.3 is 0 Å². The Morgan fingerprint density at radius 1 is 1.29 bits per heavy atom. The summed E-state index contributed by atoms with van der Waals surface area (Å²) < 4.78 is 0. The lowest BCUT2D eigenvalue weighted by atomic mass is 10.1. The van der Waals surface area contributed by atoms with Crippen molar-refractivity contribution in [3.63, 3.8) is 0 Å². The third-order valence-corrected chi connectivity index (χ3v) is 5.30. The molecule has 1 fully saturated rings. The zero-order chi connectivity index (χ0) is 16.6. The number of thiophene rings is 1. The first-order chi connectivity index (χ1) is 11.8. The van der Waals surface area contributed by atoms with Crippen LogP contribution in [0.15, 0.2) is 41.2 Å². The van der Waals surface area contributed by atoms with Crippen LogP contribution < -0.4 is 5.32 Å². The van der Waals surface area contributed by atoms with Crippen LogP contribution in [0.1, 0.15) is 36.9 Å². The van der Waals surface area contributed by atoms with Crippen molar-refractivity contribution < 1.29 is 4.79 Å². The van der Waals surface area contributed by atoms with E-state index in [1.54, 1.807) is 17.5 Å². The van der Waals surface area contributed by atoms with Crippen LogP contribution in [0.25, 0.3) is 0 Å². The van der Waals surface area contributed by atoms with Gasteiger partial charge in [-0.15, -0.1) is 0 Å². The van der Waals surface area contributed by atoms with E-state index in [0.29, 0.717) is 19.0 Å². The minimum Gasteiger partial charge on any atom is -0.334 e. The van der Waals surface area contributed by atoms with Gasteiger partial charge in [-0.1, -0.05) is 6.07 Å². The van der Waals surface area contributed by atoms with Gasteiger partial charge < -0.3 is 10.2 Å². The largest absolute Gasteiger partial charge is 0.334 e. The summed E-state index contributed by atoms with van der Waals surface area (Å²) in [5.74, 6) is 0.249. The molecule has 24 heavy (non-hydrogen) atoms. The minimum absolute atomic E-state index is 0.249. The average Bonchev–Trinajstić information content (AvgIpc) is 3.00. The highest BCUT2D eigenvalue weighted by molar-refractivity contribution is 7.07. The van der Waals surface area contributed by atoms with Gasteiger partial charge in [-0.3, -0.25) is 9.78 Å². The van der Waals surface area contributed by atoms with Crippen molar-refractivity contribution in [3.8, 4) is 0 Å². The van der Waals surface area contributed by atoms with Crippen LogP contribution in [0.5, 0.6) is 0 Å². The molecule has 0 aliphatic carbocycles. The molecule has 2 aromatic rings. The second kappa shape index (κ2) is 8.94. The summed E-state index contributed by atoms with van der Waals surface area (Å²) in [6, 6.07) is 8.34. The molecule has 5 heteroatoms. The smallest absolute Gasteiger partial charge is 0.223 e. The number of carbonyl (C=O) groups excluding carboxylic acids is 1. The van der Waals surface area contributed by atoms with E-state index >= 15 is 0 Å². The molecule has 0 spiro atoms. The lowest BCUT2D eigenvalue weighted by Gasteiger charge is -2.31. The van der Waals surface area contributed by atoms with Crippen LogP contribution in [-0.2, 0) is 17.8 Å². The van der Waals surface area contributed by atoms with Gasteiger partial charge in [-0.05, 0) is 73.3 Å². The Kier molecular flexibility index (Phi) is 6.38. The maximum atomic E-state index is 12.9. The third-order valence-electron chi connectivity index (χ3n) is 4.57. The fourth-order valence-electron chi connectivity index (χ4n) is 3.23. The van der Waals surface area contributed by atoms with Crippen molar-refractivity contribution in [1.82, 2.24) is 15.2 Å². The van der Waals surface area contributed by atoms with Gasteiger partial charge in [0.25, 0.3) is 0 Å².